The molecule has 0 unspecified atom stereocenters. The summed E-state index contributed by atoms with van der Waals surface area (Å²) < 4.78 is 27.3. The molecule has 0 heterocycles. The van der Waals surface area contributed by atoms with Crippen molar-refractivity contribution >= 4 is 21.7 Å². The Morgan fingerprint density at radius 3 is 2.10 bits per heavy atom. The van der Waals surface area contributed by atoms with Crippen molar-refractivity contribution < 1.29 is 13.6 Å². The highest BCUT2D eigenvalue weighted by atomic mass is 79.9. The fourth-order valence-electron chi connectivity index (χ4n) is 1.97. The van der Waals surface area contributed by atoms with E-state index in [-0.39, 0.29) is 15.5 Å². The minimum Gasteiger partial charge on any atom is -0.288 e. The number of halogens is 3. The maximum atomic E-state index is 13.8. The van der Waals surface area contributed by atoms with E-state index < -0.39 is 17.4 Å². The summed E-state index contributed by atoms with van der Waals surface area (Å²) in [7, 11) is 0. The van der Waals surface area contributed by atoms with Gasteiger partial charge in [-0.1, -0.05) is 45.0 Å². The van der Waals surface area contributed by atoms with Crippen molar-refractivity contribution in [2.45, 2.75) is 26.2 Å². The summed E-state index contributed by atoms with van der Waals surface area (Å²) in [6.45, 7) is 6.19. The van der Waals surface area contributed by atoms with Crippen molar-refractivity contribution in [2.75, 3.05) is 0 Å². The SMILES string of the molecule is CC(C)(C)c1ccc(C(=O)c2cc(F)c(Br)cc2F)cc1. The molecule has 2 aromatic rings. The summed E-state index contributed by atoms with van der Waals surface area (Å²) in [5.74, 6) is -1.93. The normalized spacial score (nSPS) is 11.5. The van der Waals surface area contributed by atoms with E-state index in [1.54, 1.807) is 12.1 Å². The molecular weight excluding hydrogens is 338 g/mol. The second kappa shape index (κ2) is 5.68. The van der Waals surface area contributed by atoms with Crippen molar-refractivity contribution in [3.05, 3.63) is 69.2 Å². The van der Waals surface area contributed by atoms with Crippen LogP contribution in [0, 0.1) is 11.6 Å². The first kappa shape index (κ1) is 15.8. The third-order valence-corrected chi connectivity index (χ3v) is 3.88. The standard InChI is InChI=1S/C17H15BrF2O/c1-17(2,3)11-6-4-10(5-7-11)16(21)12-8-15(20)13(18)9-14(12)19/h4-9H,1-3H3. The minimum absolute atomic E-state index is 0.000342. The van der Waals surface area contributed by atoms with Crippen LogP contribution in [0.1, 0.15) is 42.3 Å². The number of benzene rings is 2. The molecule has 21 heavy (non-hydrogen) atoms. The van der Waals surface area contributed by atoms with Crippen LogP contribution < -0.4 is 0 Å². The van der Waals surface area contributed by atoms with Gasteiger partial charge in [-0.05, 0) is 39.0 Å². The van der Waals surface area contributed by atoms with E-state index in [1.165, 1.54) is 0 Å². The molecule has 0 radical (unpaired) electrons. The molecule has 2 rings (SSSR count). The van der Waals surface area contributed by atoms with Crippen LogP contribution in [0.15, 0.2) is 40.9 Å². The first-order valence-corrected chi connectivity index (χ1v) is 7.29. The Balaban J connectivity index is 2.39. The molecule has 0 bridgehead atoms. The average molecular weight is 353 g/mol. The number of carbonyl (C=O) groups excluding carboxylic acids is 1. The Hall–Kier alpha value is -1.55. The molecule has 2 aromatic carbocycles. The first-order chi connectivity index (χ1) is 9.70. The van der Waals surface area contributed by atoms with Gasteiger partial charge in [0.1, 0.15) is 11.6 Å². The molecule has 1 nitrogen and oxygen atoms in total. The fourth-order valence-corrected chi connectivity index (χ4v) is 2.29. The van der Waals surface area contributed by atoms with E-state index in [2.05, 4.69) is 36.7 Å². The zero-order chi connectivity index (χ0) is 15.8. The summed E-state index contributed by atoms with van der Waals surface area (Å²) in [5, 5.41) is 0. The van der Waals surface area contributed by atoms with Crippen molar-refractivity contribution in [1.29, 1.82) is 0 Å². The smallest absolute Gasteiger partial charge is 0.196 e. The molecule has 0 aliphatic carbocycles. The summed E-state index contributed by atoms with van der Waals surface area (Å²) >= 11 is 2.89. The van der Waals surface area contributed by atoms with Gasteiger partial charge < -0.3 is 0 Å². The summed E-state index contributed by atoms with van der Waals surface area (Å²) in [6.07, 6.45) is 0. The molecular formula is C17H15BrF2O. The molecule has 110 valence electrons. The molecule has 0 aromatic heterocycles. The number of ketones is 1. The second-order valence-corrected chi connectivity index (χ2v) is 6.76. The second-order valence-electron chi connectivity index (χ2n) is 5.90. The molecule has 0 N–H and O–H groups in total. The first-order valence-electron chi connectivity index (χ1n) is 6.50. The Labute approximate surface area is 131 Å². The van der Waals surface area contributed by atoms with Gasteiger partial charge in [-0.2, -0.15) is 0 Å². The largest absolute Gasteiger partial charge is 0.288 e. The predicted octanol–water partition coefficient (Wildman–Crippen LogP) is 5.26. The monoisotopic (exact) mass is 352 g/mol. The van der Waals surface area contributed by atoms with E-state index in [0.717, 1.165) is 17.7 Å². The summed E-state index contributed by atoms with van der Waals surface area (Å²) in [4.78, 5) is 12.3. The highest BCUT2D eigenvalue weighted by Crippen LogP contribution is 2.25. The van der Waals surface area contributed by atoms with Crippen LogP contribution in [0.25, 0.3) is 0 Å². The average Bonchev–Trinajstić information content (AvgIpc) is 2.41. The molecule has 0 aliphatic heterocycles. The zero-order valence-corrected chi connectivity index (χ0v) is 13.6. The van der Waals surface area contributed by atoms with Crippen LogP contribution in [0.4, 0.5) is 8.78 Å². The van der Waals surface area contributed by atoms with Crippen LogP contribution in [0.5, 0.6) is 0 Å². The Morgan fingerprint density at radius 1 is 1.00 bits per heavy atom. The number of carbonyl (C=O) groups is 1. The van der Waals surface area contributed by atoms with Gasteiger partial charge in [-0.15, -0.1) is 0 Å². The molecule has 0 saturated carbocycles. The van der Waals surface area contributed by atoms with Crippen molar-refractivity contribution in [3.8, 4) is 0 Å². The number of hydrogen-bond acceptors (Lipinski definition) is 1. The fraction of sp³-hybridized carbons (Fsp3) is 0.235. The topological polar surface area (TPSA) is 17.1 Å². The third-order valence-electron chi connectivity index (χ3n) is 3.27. The van der Waals surface area contributed by atoms with Gasteiger partial charge in [0.15, 0.2) is 5.78 Å². The molecule has 0 spiro atoms. The van der Waals surface area contributed by atoms with Crippen molar-refractivity contribution in [2.24, 2.45) is 0 Å². The lowest BCUT2D eigenvalue weighted by atomic mass is 9.86. The number of rotatable bonds is 2. The quantitative estimate of drug-likeness (QED) is 0.532. The van der Waals surface area contributed by atoms with E-state index in [0.29, 0.717) is 5.56 Å². The van der Waals surface area contributed by atoms with E-state index >= 15 is 0 Å². The lowest BCUT2D eigenvalue weighted by Gasteiger charge is -2.19. The Morgan fingerprint density at radius 2 is 1.57 bits per heavy atom. The predicted molar refractivity (Wildman–Crippen MR) is 82.6 cm³/mol. The van der Waals surface area contributed by atoms with Gasteiger partial charge in [-0.3, -0.25) is 4.79 Å². The van der Waals surface area contributed by atoms with E-state index in [4.69, 9.17) is 0 Å². The third kappa shape index (κ3) is 3.38. The zero-order valence-electron chi connectivity index (χ0n) is 12.0. The molecule has 0 atom stereocenters. The lowest BCUT2D eigenvalue weighted by molar-refractivity contribution is 0.103. The summed E-state index contributed by atoms with van der Waals surface area (Å²) in [6, 6.07) is 8.83. The van der Waals surface area contributed by atoms with Crippen LogP contribution in [0.2, 0.25) is 0 Å². The van der Waals surface area contributed by atoms with Crippen LogP contribution in [0.3, 0.4) is 0 Å². The van der Waals surface area contributed by atoms with Crippen LogP contribution >= 0.6 is 15.9 Å². The van der Waals surface area contributed by atoms with Gasteiger partial charge in [0.05, 0.1) is 10.0 Å². The number of hydrogen-bond donors (Lipinski definition) is 0. The summed E-state index contributed by atoms with van der Waals surface area (Å²) in [5.41, 5.74) is 1.11. The van der Waals surface area contributed by atoms with Gasteiger partial charge >= 0.3 is 0 Å². The van der Waals surface area contributed by atoms with Crippen LogP contribution in [-0.2, 0) is 5.41 Å². The molecule has 4 heteroatoms. The van der Waals surface area contributed by atoms with Crippen molar-refractivity contribution in [1.82, 2.24) is 0 Å². The van der Waals surface area contributed by atoms with Crippen molar-refractivity contribution in [3.63, 3.8) is 0 Å². The Bertz CT molecular complexity index is 685. The van der Waals surface area contributed by atoms with E-state index in [1.807, 2.05) is 12.1 Å². The molecule has 0 saturated heterocycles. The maximum Gasteiger partial charge on any atom is 0.196 e. The van der Waals surface area contributed by atoms with Gasteiger partial charge in [0.25, 0.3) is 0 Å². The van der Waals surface area contributed by atoms with Gasteiger partial charge in [0.2, 0.25) is 0 Å². The maximum absolute atomic E-state index is 13.8. The molecule has 0 aliphatic rings. The van der Waals surface area contributed by atoms with Gasteiger partial charge in [0, 0.05) is 5.56 Å². The minimum atomic E-state index is -0.742. The lowest BCUT2D eigenvalue weighted by Crippen LogP contribution is -2.12. The van der Waals surface area contributed by atoms with Crippen LogP contribution in [-0.4, -0.2) is 5.78 Å². The van der Waals surface area contributed by atoms with E-state index in [9.17, 15) is 13.6 Å². The highest BCUT2D eigenvalue weighted by molar-refractivity contribution is 9.10. The molecule has 0 amide bonds. The molecule has 0 fully saturated rings. The van der Waals surface area contributed by atoms with Gasteiger partial charge in [-0.25, -0.2) is 8.78 Å². The Kier molecular flexibility index (Phi) is 4.28. The highest BCUT2D eigenvalue weighted by Gasteiger charge is 2.18.